The van der Waals surface area contributed by atoms with Crippen LogP contribution in [-0.4, -0.2) is 18.2 Å². The van der Waals surface area contributed by atoms with Crippen LogP contribution in [0.3, 0.4) is 0 Å². The predicted octanol–water partition coefficient (Wildman–Crippen LogP) is 2.53. The number of halogens is 3. The van der Waals surface area contributed by atoms with E-state index >= 15 is 0 Å². The second-order valence-electron chi connectivity index (χ2n) is 4.46. The highest BCUT2D eigenvalue weighted by atomic mass is 19.4. The Morgan fingerprint density at radius 2 is 2.22 bits per heavy atom. The van der Waals surface area contributed by atoms with Crippen LogP contribution in [0.25, 0.3) is 0 Å². The van der Waals surface area contributed by atoms with Crippen molar-refractivity contribution < 1.29 is 17.9 Å². The molecule has 2 heterocycles. The van der Waals surface area contributed by atoms with Crippen LogP contribution >= 0.6 is 0 Å². The first-order valence-electron chi connectivity index (χ1n) is 5.84. The number of ether oxygens (including phenoxy) is 1. The first-order valence-corrected chi connectivity index (χ1v) is 5.84. The van der Waals surface area contributed by atoms with Crippen LogP contribution in [0.2, 0.25) is 0 Å². The number of nitrogens with two attached hydrogens (primary N) is 1. The van der Waals surface area contributed by atoms with Gasteiger partial charge in [-0.25, -0.2) is 0 Å². The summed E-state index contributed by atoms with van der Waals surface area (Å²) < 4.78 is 43.9. The normalized spacial score (nSPS) is 22.8. The lowest BCUT2D eigenvalue weighted by Crippen LogP contribution is -2.30. The number of alkyl halides is 3. The number of hydrogen-bond acceptors (Lipinski definition) is 3. The number of aromatic nitrogens is 1. The van der Waals surface area contributed by atoms with Gasteiger partial charge in [-0.2, -0.15) is 13.2 Å². The van der Waals surface area contributed by atoms with E-state index in [4.69, 9.17) is 10.5 Å². The monoisotopic (exact) mass is 260 g/mol. The zero-order valence-corrected chi connectivity index (χ0v) is 9.78. The molecule has 1 saturated heterocycles. The molecular weight excluding hydrogens is 245 g/mol. The van der Waals surface area contributed by atoms with E-state index in [2.05, 4.69) is 4.98 Å². The molecular formula is C12H15F3N2O. The van der Waals surface area contributed by atoms with Crippen molar-refractivity contribution in [1.29, 1.82) is 0 Å². The third-order valence-electron chi connectivity index (χ3n) is 3.22. The van der Waals surface area contributed by atoms with Crippen LogP contribution in [0.15, 0.2) is 18.5 Å². The summed E-state index contributed by atoms with van der Waals surface area (Å²) in [6, 6.07) is 0.287. The van der Waals surface area contributed by atoms with E-state index in [-0.39, 0.29) is 11.5 Å². The largest absolute Gasteiger partial charge is 0.416 e. The molecule has 0 amide bonds. The van der Waals surface area contributed by atoms with Gasteiger partial charge in [0.25, 0.3) is 0 Å². The van der Waals surface area contributed by atoms with Gasteiger partial charge in [0.2, 0.25) is 0 Å². The Labute approximate surface area is 103 Å². The smallest absolute Gasteiger partial charge is 0.381 e. The zero-order chi connectivity index (χ0) is 13.2. The molecule has 6 heteroatoms. The summed E-state index contributed by atoms with van der Waals surface area (Å²) in [6.07, 6.45) is -0.433. The highest BCUT2D eigenvalue weighted by molar-refractivity contribution is 5.29. The summed E-state index contributed by atoms with van der Waals surface area (Å²) >= 11 is 0. The van der Waals surface area contributed by atoms with Crippen LogP contribution in [0.1, 0.15) is 30.0 Å². The first-order chi connectivity index (χ1) is 8.50. The molecule has 2 unspecified atom stereocenters. The van der Waals surface area contributed by atoms with Gasteiger partial charge in [-0.05, 0) is 24.5 Å². The minimum Gasteiger partial charge on any atom is -0.381 e. The topological polar surface area (TPSA) is 48.1 Å². The summed E-state index contributed by atoms with van der Waals surface area (Å²) in [5.41, 5.74) is 5.30. The van der Waals surface area contributed by atoms with Gasteiger partial charge in [0.1, 0.15) is 0 Å². The van der Waals surface area contributed by atoms with E-state index in [1.807, 2.05) is 0 Å². The fourth-order valence-corrected chi connectivity index (χ4v) is 2.23. The van der Waals surface area contributed by atoms with Crippen molar-refractivity contribution in [2.45, 2.75) is 25.1 Å². The highest BCUT2D eigenvalue weighted by Crippen LogP contribution is 2.36. The molecule has 1 aliphatic rings. The maximum atomic E-state index is 12.9. The van der Waals surface area contributed by atoms with E-state index in [1.165, 1.54) is 6.20 Å². The molecule has 0 spiro atoms. The molecule has 0 aliphatic carbocycles. The van der Waals surface area contributed by atoms with Crippen LogP contribution in [0.5, 0.6) is 0 Å². The minimum atomic E-state index is -4.40. The van der Waals surface area contributed by atoms with Gasteiger partial charge in [0, 0.05) is 31.0 Å². The summed E-state index contributed by atoms with van der Waals surface area (Å²) in [4.78, 5) is 3.75. The molecule has 100 valence electrons. The van der Waals surface area contributed by atoms with E-state index in [0.29, 0.717) is 13.2 Å². The van der Waals surface area contributed by atoms with Gasteiger partial charge in [-0.15, -0.1) is 0 Å². The second kappa shape index (κ2) is 5.24. The van der Waals surface area contributed by atoms with Gasteiger partial charge < -0.3 is 10.5 Å². The number of rotatable bonds is 2. The van der Waals surface area contributed by atoms with Gasteiger partial charge in [-0.1, -0.05) is 0 Å². The Kier molecular flexibility index (Phi) is 3.87. The van der Waals surface area contributed by atoms with Crippen molar-refractivity contribution in [3.8, 4) is 0 Å². The predicted molar refractivity (Wildman–Crippen MR) is 59.7 cm³/mol. The number of nitrogens with zero attached hydrogens (tertiary/aromatic N) is 1. The fraction of sp³-hybridized carbons (Fsp3) is 0.583. The van der Waals surface area contributed by atoms with Crippen molar-refractivity contribution in [3.63, 3.8) is 0 Å². The molecule has 1 fully saturated rings. The Balaban J connectivity index is 2.26. The minimum absolute atomic E-state index is 0.0560. The average molecular weight is 260 g/mol. The SMILES string of the molecule is NC(c1cnccc1C(F)(F)F)C1CCCOC1. The molecule has 2 atom stereocenters. The summed E-state index contributed by atoms with van der Waals surface area (Å²) in [7, 11) is 0. The maximum Gasteiger partial charge on any atom is 0.416 e. The summed E-state index contributed by atoms with van der Waals surface area (Å²) in [5.74, 6) is -0.0796. The molecule has 0 aromatic carbocycles. The van der Waals surface area contributed by atoms with Crippen LogP contribution in [0.4, 0.5) is 13.2 Å². The van der Waals surface area contributed by atoms with Crippen molar-refractivity contribution >= 4 is 0 Å². The van der Waals surface area contributed by atoms with Gasteiger partial charge >= 0.3 is 6.18 Å². The molecule has 0 radical (unpaired) electrons. The van der Waals surface area contributed by atoms with Gasteiger partial charge in [0.05, 0.1) is 12.2 Å². The van der Waals surface area contributed by atoms with Crippen LogP contribution in [0, 0.1) is 5.92 Å². The van der Waals surface area contributed by atoms with Crippen molar-refractivity contribution in [1.82, 2.24) is 4.98 Å². The molecule has 0 bridgehead atoms. The molecule has 1 aromatic heterocycles. The van der Waals surface area contributed by atoms with Gasteiger partial charge in [0.15, 0.2) is 0 Å². The second-order valence-corrected chi connectivity index (χ2v) is 4.46. The van der Waals surface area contributed by atoms with E-state index in [0.717, 1.165) is 25.1 Å². The van der Waals surface area contributed by atoms with Crippen LogP contribution in [-0.2, 0) is 10.9 Å². The van der Waals surface area contributed by atoms with Gasteiger partial charge in [-0.3, -0.25) is 4.98 Å². The summed E-state index contributed by atoms with van der Waals surface area (Å²) in [6.45, 7) is 1.07. The fourth-order valence-electron chi connectivity index (χ4n) is 2.23. The zero-order valence-electron chi connectivity index (χ0n) is 9.78. The molecule has 1 aromatic rings. The lowest BCUT2D eigenvalue weighted by Gasteiger charge is -2.29. The third kappa shape index (κ3) is 2.81. The standard InChI is InChI=1S/C12H15F3N2O/c13-12(14,15)10-3-4-17-6-9(10)11(16)8-2-1-5-18-7-8/h3-4,6,8,11H,1-2,5,7,16H2. The van der Waals surface area contributed by atoms with Crippen LogP contribution < -0.4 is 5.73 Å². The lowest BCUT2D eigenvalue weighted by molar-refractivity contribution is -0.138. The molecule has 1 aliphatic heterocycles. The highest BCUT2D eigenvalue weighted by Gasteiger charge is 2.36. The molecule has 3 nitrogen and oxygen atoms in total. The third-order valence-corrected chi connectivity index (χ3v) is 3.22. The Hall–Kier alpha value is -1.14. The summed E-state index contributed by atoms with van der Waals surface area (Å²) in [5, 5.41) is 0. The van der Waals surface area contributed by atoms with Crippen molar-refractivity contribution in [2.24, 2.45) is 11.7 Å². The first kappa shape index (κ1) is 13.3. The van der Waals surface area contributed by atoms with Crippen molar-refractivity contribution in [3.05, 3.63) is 29.6 Å². The van der Waals surface area contributed by atoms with E-state index in [9.17, 15) is 13.2 Å². The molecule has 0 saturated carbocycles. The molecule has 18 heavy (non-hydrogen) atoms. The Morgan fingerprint density at radius 3 is 2.83 bits per heavy atom. The lowest BCUT2D eigenvalue weighted by atomic mass is 9.88. The quantitative estimate of drug-likeness (QED) is 0.888. The Morgan fingerprint density at radius 1 is 1.44 bits per heavy atom. The number of pyridine rings is 1. The Bertz CT molecular complexity index is 403. The number of hydrogen-bond donors (Lipinski definition) is 1. The maximum absolute atomic E-state index is 12.9. The average Bonchev–Trinajstić information content (AvgIpc) is 2.38. The van der Waals surface area contributed by atoms with Crippen molar-refractivity contribution in [2.75, 3.05) is 13.2 Å². The van der Waals surface area contributed by atoms with E-state index in [1.54, 1.807) is 0 Å². The molecule has 2 N–H and O–H groups in total. The van der Waals surface area contributed by atoms with E-state index < -0.39 is 17.8 Å². The molecule has 2 rings (SSSR count).